The van der Waals surface area contributed by atoms with Crippen LogP contribution in [0.25, 0.3) is 11.1 Å². The summed E-state index contributed by atoms with van der Waals surface area (Å²) in [5.41, 5.74) is 5.19. The Balaban J connectivity index is 1.78. The summed E-state index contributed by atoms with van der Waals surface area (Å²) in [7, 11) is -1.71. The molecule has 2 aromatic rings. The van der Waals surface area contributed by atoms with Gasteiger partial charge in [-0.2, -0.15) is 0 Å². The highest BCUT2D eigenvalue weighted by Crippen LogP contribution is 2.48. The van der Waals surface area contributed by atoms with Gasteiger partial charge in [0.1, 0.15) is 6.66 Å². The fourth-order valence-corrected chi connectivity index (χ4v) is 4.66. The Kier molecular flexibility index (Phi) is 4.03. The van der Waals surface area contributed by atoms with Gasteiger partial charge in [-0.25, -0.2) is 0 Å². The zero-order valence-electron chi connectivity index (χ0n) is 17.2. The molecule has 0 N–H and O–H groups in total. The Morgan fingerprint density at radius 3 is 1.89 bits per heavy atom. The van der Waals surface area contributed by atoms with E-state index in [1.165, 1.54) is 22.3 Å². The molecule has 1 atom stereocenters. The minimum absolute atomic E-state index is 0.147. The van der Waals surface area contributed by atoms with Crippen LogP contribution in [-0.4, -0.2) is 25.0 Å². The van der Waals surface area contributed by atoms with Crippen LogP contribution in [0, 0.1) is 0 Å². The normalized spacial score (nSPS) is 21.7. The van der Waals surface area contributed by atoms with Crippen LogP contribution < -0.4 is 10.8 Å². The van der Waals surface area contributed by atoms with Crippen molar-refractivity contribution in [2.75, 3.05) is 6.66 Å². The van der Waals surface area contributed by atoms with Crippen molar-refractivity contribution in [3.8, 4) is 11.1 Å². The highest BCUT2D eigenvalue weighted by molar-refractivity contribution is 7.52. The van der Waals surface area contributed by atoms with E-state index in [4.69, 9.17) is 9.31 Å². The van der Waals surface area contributed by atoms with Crippen molar-refractivity contribution in [2.24, 2.45) is 0 Å². The molecule has 0 radical (unpaired) electrons. The third-order valence-corrected chi connectivity index (χ3v) is 7.58. The molecule has 27 heavy (non-hydrogen) atoms. The van der Waals surface area contributed by atoms with Crippen LogP contribution in [0.2, 0.25) is 0 Å². The molecular formula is C22H27BO3P+. The largest absolute Gasteiger partial charge is 0.494 e. The van der Waals surface area contributed by atoms with Crippen LogP contribution in [0.4, 0.5) is 0 Å². The molecule has 2 aromatic carbocycles. The van der Waals surface area contributed by atoms with E-state index in [0.717, 1.165) is 10.8 Å². The Morgan fingerprint density at radius 1 is 0.815 bits per heavy atom. The van der Waals surface area contributed by atoms with Crippen molar-refractivity contribution in [3.63, 3.8) is 0 Å². The van der Waals surface area contributed by atoms with E-state index in [0.29, 0.717) is 0 Å². The molecule has 1 aliphatic carbocycles. The molecule has 0 bridgehead atoms. The second-order valence-corrected chi connectivity index (χ2v) is 10.8. The van der Waals surface area contributed by atoms with Crippen molar-refractivity contribution in [2.45, 2.75) is 58.2 Å². The monoisotopic (exact) mass is 381 g/mol. The first kappa shape index (κ1) is 18.9. The molecule has 2 aliphatic rings. The summed E-state index contributed by atoms with van der Waals surface area (Å²) in [5, 5.41) is 0.913. The van der Waals surface area contributed by atoms with E-state index in [2.05, 4.69) is 71.9 Å². The average molecular weight is 381 g/mol. The molecular weight excluding hydrogens is 354 g/mol. The van der Waals surface area contributed by atoms with E-state index < -0.39 is 7.80 Å². The first-order valence-electron chi connectivity index (χ1n) is 9.50. The van der Waals surface area contributed by atoms with Crippen molar-refractivity contribution in [3.05, 3.63) is 47.5 Å². The maximum absolute atomic E-state index is 12.0. The topological polar surface area (TPSA) is 35.5 Å². The van der Waals surface area contributed by atoms with Crippen molar-refractivity contribution >= 4 is 25.7 Å². The zero-order valence-corrected chi connectivity index (χ0v) is 18.1. The van der Waals surface area contributed by atoms with Gasteiger partial charge in [0, 0.05) is 5.41 Å². The Morgan fingerprint density at radius 2 is 1.33 bits per heavy atom. The molecule has 0 saturated carbocycles. The van der Waals surface area contributed by atoms with Crippen molar-refractivity contribution in [1.82, 2.24) is 0 Å². The maximum Gasteiger partial charge on any atom is 0.494 e. The number of fused-ring (bicyclic) bond motifs is 3. The molecule has 0 spiro atoms. The van der Waals surface area contributed by atoms with Gasteiger partial charge in [-0.15, -0.1) is 0 Å². The predicted octanol–water partition coefficient (Wildman–Crippen LogP) is 4.37. The molecule has 5 heteroatoms. The van der Waals surface area contributed by atoms with Gasteiger partial charge < -0.3 is 9.31 Å². The third-order valence-electron chi connectivity index (χ3n) is 6.57. The Bertz CT molecular complexity index is 946. The summed E-state index contributed by atoms with van der Waals surface area (Å²) < 4.78 is 24.5. The van der Waals surface area contributed by atoms with Gasteiger partial charge >= 0.3 is 14.9 Å². The van der Waals surface area contributed by atoms with E-state index in [-0.39, 0.29) is 23.7 Å². The number of hydrogen-bond donors (Lipinski definition) is 0. The standard InChI is InChI=1S/C22H27BO3P/c1-20(2)18-12-14(23-25-21(3,4)22(5,6)26-23)8-10-16(18)17-11-9-15(27(7)24)13-19(17)20/h8-13H,1-7H3/q+1. The van der Waals surface area contributed by atoms with Crippen molar-refractivity contribution < 1.29 is 13.9 Å². The lowest BCUT2D eigenvalue weighted by molar-refractivity contribution is 0.00578. The highest BCUT2D eigenvalue weighted by atomic mass is 31.1. The molecule has 0 amide bonds. The lowest BCUT2D eigenvalue weighted by Gasteiger charge is -2.32. The van der Waals surface area contributed by atoms with Gasteiger partial charge in [-0.3, -0.25) is 0 Å². The van der Waals surface area contributed by atoms with Crippen LogP contribution in [0.1, 0.15) is 52.7 Å². The van der Waals surface area contributed by atoms with Gasteiger partial charge in [0.05, 0.1) is 11.2 Å². The molecule has 1 aliphatic heterocycles. The summed E-state index contributed by atoms with van der Waals surface area (Å²) >= 11 is 0. The smallest absolute Gasteiger partial charge is 0.399 e. The van der Waals surface area contributed by atoms with E-state index in [9.17, 15) is 4.57 Å². The molecule has 1 unspecified atom stereocenters. The van der Waals surface area contributed by atoms with E-state index >= 15 is 0 Å². The molecule has 4 rings (SSSR count). The highest BCUT2D eigenvalue weighted by Gasteiger charge is 2.52. The Hall–Kier alpha value is -1.48. The van der Waals surface area contributed by atoms with Gasteiger partial charge in [0.2, 0.25) is 0 Å². The molecule has 1 heterocycles. The van der Waals surface area contributed by atoms with E-state index in [1.807, 2.05) is 6.07 Å². The maximum atomic E-state index is 12.0. The van der Waals surface area contributed by atoms with Gasteiger partial charge in [0.25, 0.3) is 0 Å². The van der Waals surface area contributed by atoms with Gasteiger partial charge in [-0.1, -0.05) is 36.6 Å². The quantitative estimate of drug-likeness (QED) is 0.572. The summed E-state index contributed by atoms with van der Waals surface area (Å²) in [6.45, 7) is 14.5. The first-order valence-corrected chi connectivity index (χ1v) is 11.2. The molecule has 1 saturated heterocycles. The van der Waals surface area contributed by atoms with Crippen LogP contribution in [0.5, 0.6) is 0 Å². The predicted molar refractivity (Wildman–Crippen MR) is 113 cm³/mol. The van der Waals surface area contributed by atoms with Gasteiger partial charge in [-0.05, 0) is 73.6 Å². The lowest BCUT2D eigenvalue weighted by Crippen LogP contribution is -2.41. The average Bonchev–Trinajstić information content (AvgIpc) is 2.94. The minimum Gasteiger partial charge on any atom is -0.399 e. The minimum atomic E-state index is -1.34. The van der Waals surface area contributed by atoms with Crippen LogP contribution in [0.15, 0.2) is 36.4 Å². The lowest BCUT2D eigenvalue weighted by atomic mass is 9.74. The number of benzene rings is 2. The van der Waals surface area contributed by atoms with Crippen LogP contribution >= 0.6 is 7.80 Å². The SMILES string of the molecule is C[P+](=O)c1ccc2c(c1)C(C)(C)c1cc(B3OC(C)(C)C(C)(C)O3)ccc1-2. The molecule has 1 fully saturated rings. The number of rotatable bonds is 2. The second-order valence-electron chi connectivity index (χ2n) is 9.25. The molecule has 3 nitrogen and oxygen atoms in total. The number of hydrogen-bond acceptors (Lipinski definition) is 3. The summed E-state index contributed by atoms with van der Waals surface area (Å²) in [6, 6.07) is 12.7. The van der Waals surface area contributed by atoms with Crippen LogP contribution in [0.3, 0.4) is 0 Å². The molecule has 0 aromatic heterocycles. The first-order chi connectivity index (χ1) is 12.4. The summed E-state index contributed by atoms with van der Waals surface area (Å²) in [6.07, 6.45) is 0. The van der Waals surface area contributed by atoms with E-state index in [1.54, 1.807) is 6.66 Å². The third kappa shape index (κ3) is 2.73. The van der Waals surface area contributed by atoms with Crippen molar-refractivity contribution in [1.29, 1.82) is 0 Å². The van der Waals surface area contributed by atoms with Gasteiger partial charge in [0.15, 0.2) is 5.30 Å². The second kappa shape index (κ2) is 5.76. The zero-order chi connectivity index (χ0) is 19.8. The van der Waals surface area contributed by atoms with Crippen LogP contribution in [-0.2, 0) is 19.3 Å². The molecule has 140 valence electrons. The fraction of sp³-hybridized carbons (Fsp3) is 0.455. The Labute approximate surface area is 163 Å². The fourth-order valence-electron chi connectivity index (χ4n) is 4.06. The summed E-state index contributed by atoms with van der Waals surface area (Å²) in [4.78, 5) is 0. The summed E-state index contributed by atoms with van der Waals surface area (Å²) in [5.74, 6) is 0.